The number of anilines is 1. The average molecular weight is 664 g/mol. The molecule has 3 aliphatic heterocycles. The van der Waals surface area contributed by atoms with Crippen LogP contribution in [0.25, 0.3) is 0 Å². The maximum absolute atomic E-state index is 14.6. The number of aryl methyl sites for hydroxylation is 1. The Hall–Kier alpha value is -3.28. The van der Waals surface area contributed by atoms with Crippen molar-refractivity contribution in [1.29, 1.82) is 0 Å². The first-order valence-electron chi connectivity index (χ1n) is 17.5. The Morgan fingerprint density at radius 3 is 2.62 bits per heavy atom. The van der Waals surface area contributed by atoms with Crippen molar-refractivity contribution in [2.45, 2.75) is 83.1 Å². The smallest absolute Gasteiger partial charge is 0.321 e. The monoisotopic (exact) mass is 663 g/mol. The topological polar surface area (TPSA) is 69.5 Å². The molecule has 1 atom stereocenters. The molecule has 1 saturated carbocycles. The molecule has 0 unspecified atom stereocenters. The zero-order valence-electron chi connectivity index (χ0n) is 28.6. The van der Waals surface area contributed by atoms with E-state index in [4.69, 9.17) is 0 Å². The van der Waals surface area contributed by atoms with E-state index in [-0.39, 0.29) is 34.5 Å². The van der Waals surface area contributed by atoms with Gasteiger partial charge in [0, 0.05) is 74.9 Å². The van der Waals surface area contributed by atoms with Crippen LogP contribution in [0.2, 0.25) is 0 Å². The summed E-state index contributed by atoms with van der Waals surface area (Å²) in [6.45, 7) is 12.7. The van der Waals surface area contributed by atoms with Gasteiger partial charge in [-0.3, -0.25) is 14.6 Å². The number of nitrogens with one attached hydrogen (secondary N) is 1. The summed E-state index contributed by atoms with van der Waals surface area (Å²) in [6, 6.07) is 10.9. The fourth-order valence-electron chi connectivity index (χ4n) is 8.93. The molecule has 4 heterocycles. The Morgan fingerprint density at radius 1 is 1.10 bits per heavy atom. The number of aromatic nitrogens is 3. The largest absolute Gasteiger partial charge is 0.416 e. The molecule has 0 bridgehead atoms. The molecule has 2 saturated heterocycles. The van der Waals surface area contributed by atoms with E-state index in [9.17, 15) is 18.0 Å². The van der Waals surface area contributed by atoms with E-state index in [1.54, 1.807) is 12.4 Å². The van der Waals surface area contributed by atoms with Gasteiger partial charge in [0.25, 0.3) is 5.91 Å². The average Bonchev–Trinajstić information content (AvgIpc) is 3.58. The quantitative estimate of drug-likeness (QED) is 0.329. The number of benzene rings is 2. The lowest BCUT2D eigenvalue weighted by molar-refractivity contribution is -0.138. The maximum atomic E-state index is 14.6. The molecule has 48 heavy (non-hydrogen) atoms. The highest BCUT2D eigenvalue weighted by atomic mass is 19.4. The molecular formula is C37H48F3N7O. The van der Waals surface area contributed by atoms with Crippen LogP contribution in [0, 0.1) is 11.8 Å². The minimum Gasteiger partial charge on any atom is -0.321 e. The number of hydrogen-bond donors (Lipinski definition) is 1. The van der Waals surface area contributed by atoms with E-state index in [1.165, 1.54) is 11.0 Å². The fraction of sp³-hybridized carbons (Fsp3) is 0.595. The maximum Gasteiger partial charge on any atom is 0.416 e. The molecule has 3 aromatic rings. The van der Waals surface area contributed by atoms with Gasteiger partial charge < -0.3 is 14.8 Å². The molecular weight excluding hydrogens is 615 g/mol. The SMILES string of the molecule is Cn1cnnc1C[C@]1(c2cccc(N3Cc4c(cc(CN5CCC[C@H](CN6CCNCC6(C)C)C5)cc4C(F)(F)F)C3=O)c2)C[C@H](C)C1. The van der Waals surface area contributed by atoms with Crippen LogP contribution >= 0.6 is 0 Å². The summed E-state index contributed by atoms with van der Waals surface area (Å²) in [7, 11) is 1.94. The van der Waals surface area contributed by atoms with E-state index in [1.807, 2.05) is 29.8 Å². The lowest BCUT2D eigenvalue weighted by Crippen LogP contribution is -2.59. The van der Waals surface area contributed by atoms with Gasteiger partial charge in [-0.25, -0.2) is 0 Å². The molecule has 2 aromatic carbocycles. The van der Waals surface area contributed by atoms with Crippen molar-refractivity contribution in [3.63, 3.8) is 0 Å². The molecule has 0 spiro atoms. The molecule has 1 aliphatic carbocycles. The van der Waals surface area contributed by atoms with Gasteiger partial charge in [-0.05, 0) is 98.9 Å². The third kappa shape index (κ3) is 6.41. The summed E-state index contributed by atoms with van der Waals surface area (Å²) >= 11 is 0. The highest BCUT2D eigenvalue weighted by molar-refractivity contribution is 6.10. The Balaban J connectivity index is 1.12. The standard InChI is InChI=1S/C37H48F3N7O/c1-25-16-36(17-25,18-33-43-42-24-44(33)4)28-8-5-9-29(15-28)47-22-31-30(34(47)48)13-27(14-32(31)37(38,39)40)20-45-11-6-7-26(19-45)21-46-12-10-41-23-35(46,2)3/h5,8-9,13-15,24-26,41H,6-7,10-12,16-23H2,1-4H3/t25-,26-,36-/m0/s1. The third-order valence-corrected chi connectivity index (χ3v) is 11.4. The number of carbonyl (C=O) groups excluding carboxylic acids is 1. The first kappa shape index (κ1) is 33.2. The molecule has 4 aliphatic rings. The molecule has 11 heteroatoms. The van der Waals surface area contributed by atoms with Crippen molar-refractivity contribution < 1.29 is 18.0 Å². The Labute approximate surface area is 281 Å². The third-order valence-electron chi connectivity index (χ3n) is 11.4. The van der Waals surface area contributed by atoms with Gasteiger partial charge in [0.05, 0.1) is 12.1 Å². The van der Waals surface area contributed by atoms with E-state index in [2.05, 4.69) is 52.2 Å². The van der Waals surface area contributed by atoms with Crippen LogP contribution < -0.4 is 10.2 Å². The van der Waals surface area contributed by atoms with E-state index in [0.717, 1.165) is 82.8 Å². The minimum absolute atomic E-state index is 0.0742. The predicted octanol–water partition coefficient (Wildman–Crippen LogP) is 5.80. The number of fused-ring (bicyclic) bond motifs is 1. The zero-order valence-corrected chi connectivity index (χ0v) is 28.6. The molecule has 0 radical (unpaired) electrons. The number of carbonyl (C=O) groups is 1. The second kappa shape index (κ2) is 12.6. The summed E-state index contributed by atoms with van der Waals surface area (Å²) in [5.74, 6) is 1.55. The van der Waals surface area contributed by atoms with Crippen LogP contribution in [0.1, 0.15) is 84.9 Å². The van der Waals surface area contributed by atoms with Crippen molar-refractivity contribution in [3.05, 3.63) is 76.4 Å². The molecule has 7 rings (SSSR count). The van der Waals surface area contributed by atoms with Crippen LogP contribution in [-0.2, 0) is 38.1 Å². The van der Waals surface area contributed by atoms with Crippen molar-refractivity contribution in [2.24, 2.45) is 18.9 Å². The molecule has 8 nitrogen and oxygen atoms in total. The molecule has 258 valence electrons. The zero-order chi connectivity index (χ0) is 33.8. The molecule has 3 fully saturated rings. The number of amides is 1. The molecule has 1 aromatic heterocycles. The number of rotatable bonds is 8. The van der Waals surface area contributed by atoms with Crippen molar-refractivity contribution in [3.8, 4) is 0 Å². The van der Waals surface area contributed by atoms with Crippen LogP contribution in [0.4, 0.5) is 18.9 Å². The second-order valence-corrected chi connectivity index (χ2v) is 15.6. The summed E-state index contributed by atoms with van der Waals surface area (Å²) in [6.07, 6.45) is 1.96. The van der Waals surface area contributed by atoms with Gasteiger partial charge in [0.2, 0.25) is 0 Å². The van der Waals surface area contributed by atoms with Gasteiger partial charge in [-0.1, -0.05) is 19.1 Å². The van der Waals surface area contributed by atoms with Gasteiger partial charge in [-0.15, -0.1) is 10.2 Å². The van der Waals surface area contributed by atoms with Gasteiger partial charge >= 0.3 is 6.18 Å². The Bertz CT molecular complexity index is 1660. The number of likely N-dealkylation sites (tertiary alicyclic amines) is 1. The molecule has 1 amide bonds. The second-order valence-electron chi connectivity index (χ2n) is 15.6. The summed E-state index contributed by atoms with van der Waals surface area (Å²) in [5.41, 5.74) is 1.77. The highest BCUT2D eigenvalue weighted by Gasteiger charge is 2.45. The van der Waals surface area contributed by atoms with Crippen LogP contribution in [-0.4, -0.2) is 75.3 Å². The first-order valence-corrected chi connectivity index (χ1v) is 17.5. The van der Waals surface area contributed by atoms with Crippen molar-refractivity contribution in [2.75, 3.05) is 44.2 Å². The number of nitrogens with zero attached hydrogens (tertiary/aromatic N) is 6. The van der Waals surface area contributed by atoms with Crippen LogP contribution in [0.5, 0.6) is 0 Å². The normalized spacial score (nSPS) is 26.5. The van der Waals surface area contributed by atoms with E-state index in [0.29, 0.717) is 29.6 Å². The summed E-state index contributed by atoms with van der Waals surface area (Å²) in [4.78, 5) is 20.3. The Kier molecular flexibility index (Phi) is 8.69. The molecule has 1 N–H and O–H groups in total. The van der Waals surface area contributed by atoms with Crippen LogP contribution in [0.3, 0.4) is 0 Å². The summed E-state index contributed by atoms with van der Waals surface area (Å²) in [5, 5.41) is 11.9. The number of alkyl halides is 3. The number of hydrogen-bond acceptors (Lipinski definition) is 6. The first-order chi connectivity index (χ1) is 22.8. The van der Waals surface area contributed by atoms with Crippen LogP contribution in [0.15, 0.2) is 42.7 Å². The number of halogens is 3. The van der Waals surface area contributed by atoms with Crippen molar-refractivity contribution >= 4 is 11.6 Å². The van der Waals surface area contributed by atoms with E-state index < -0.39 is 11.7 Å². The lowest BCUT2D eigenvalue weighted by atomic mass is 9.57. The number of piperidine rings is 1. The predicted molar refractivity (Wildman–Crippen MR) is 180 cm³/mol. The van der Waals surface area contributed by atoms with Gasteiger partial charge in [0.15, 0.2) is 0 Å². The van der Waals surface area contributed by atoms with Gasteiger partial charge in [0.1, 0.15) is 12.2 Å². The fourth-order valence-corrected chi connectivity index (χ4v) is 8.93. The van der Waals surface area contributed by atoms with E-state index >= 15 is 0 Å². The lowest BCUT2D eigenvalue weighted by Gasteiger charge is -2.47. The Morgan fingerprint density at radius 2 is 1.92 bits per heavy atom. The highest BCUT2D eigenvalue weighted by Crippen LogP contribution is 2.50. The van der Waals surface area contributed by atoms with Gasteiger partial charge in [-0.2, -0.15) is 13.2 Å². The number of piperazine rings is 1. The van der Waals surface area contributed by atoms with Crippen molar-refractivity contribution in [1.82, 2.24) is 29.9 Å². The summed E-state index contributed by atoms with van der Waals surface area (Å²) < 4.78 is 45.8. The minimum atomic E-state index is -4.56.